The number of aliphatic hydroxyl groups is 3. The van der Waals surface area contributed by atoms with Gasteiger partial charge in [0.2, 0.25) is 0 Å². The van der Waals surface area contributed by atoms with Crippen molar-refractivity contribution in [3.8, 4) is 17.4 Å². The lowest BCUT2D eigenvalue weighted by Crippen LogP contribution is -2.56. The number of ether oxygens (including phenoxy) is 1. The minimum absolute atomic E-state index is 0.104. The first-order valence-electron chi connectivity index (χ1n) is 14.2. The first-order valence-corrected chi connectivity index (χ1v) is 15.7. The Bertz CT molecular complexity index is 1570. The van der Waals surface area contributed by atoms with Crippen LogP contribution in [-0.4, -0.2) is 68.0 Å². The van der Waals surface area contributed by atoms with Gasteiger partial charge in [-0.15, -0.1) is 0 Å². The zero-order chi connectivity index (χ0) is 30.6. The highest BCUT2D eigenvalue weighted by atomic mass is 32.2. The monoisotopic (exact) mass is 597 g/mol. The molecule has 0 amide bonds. The Morgan fingerprint density at radius 2 is 1.67 bits per heavy atom. The van der Waals surface area contributed by atoms with E-state index in [1.807, 2.05) is 18.2 Å². The average Bonchev–Trinajstić information content (AvgIpc) is 3.47. The third kappa shape index (κ3) is 6.70. The number of hydrogen-bond donors (Lipinski definition) is 4. The van der Waals surface area contributed by atoms with E-state index < -0.39 is 52.0 Å². The summed E-state index contributed by atoms with van der Waals surface area (Å²) in [6.45, 7) is 8.86. The van der Waals surface area contributed by atoms with Crippen LogP contribution in [0.2, 0.25) is 0 Å². The predicted molar refractivity (Wildman–Crippen MR) is 162 cm³/mol. The Labute approximate surface area is 246 Å². The largest absolute Gasteiger partial charge is 0.456 e. The van der Waals surface area contributed by atoms with Gasteiger partial charge in [-0.3, -0.25) is 0 Å². The summed E-state index contributed by atoms with van der Waals surface area (Å²) in [5, 5.41) is 42.2. The summed E-state index contributed by atoms with van der Waals surface area (Å²) in [5.74, 6) is -0.0157. The number of nitrogens with one attached hydrogen (secondary N) is 1. The zero-order valence-corrected chi connectivity index (χ0v) is 25.1. The van der Waals surface area contributed by atoms with Crippen LogP contribution in [0.15, 0.2) is 57.9 Å². The van der Waals surface area contributed by atoms with Gasteiger partial charge >= 0.3 is 0 Å². The van der Waals surface area contributed by atoms with Crippen LogP contribution in [0.5, 0.6) is 0 Å². The molecule has 226 valence electrons. The third-order valence-electron chi connectivity index (χ3n) is 7.66. The molecule has 1 unspecified atom stereocenters. The highest BCUT2D eigenvalue weighted by Gasteiger charge is 2.42. The minimum Gasteiger partial charge on any atom is -0.456 e. The second kappa shape index (κ2) is 13.4. The molecule has 42 heavy (non-hydrogen) atoms. The van der Waals surface area contributed by atoms with Crippen molar-refractivity contribution in [2.45, 2.75) is 65.1 Å². The van der Waals surface area contributed by atoms with Crippen LogP contribution >= 0.6 is 0 Å². The van der Waals surface area contributed by atoms with Crippen LogP contribution in [0.4, 0.5) is 5.69 Å². The van der Waals surface area contributed by atoms with Crippen molar-refractivity contribution in [3.63, 3.8) is 0 Å². The summed E-state index contributed by atoms with van der Waals surface area (Å²) in [7, 11) is -4.34. The number of hydrogen-bond acceptors (Lipinski definition) is 9. The Morgan fingerprint density at radius 1 is 1.00 bits per heavy atom. The van der Waals surface area contributed by atoms with E-state index in [0.29, 0.717) is 5.76 Å². The molecular formula is C31H39N3O7S. The van der Waals surface area contributed by atoms with E-state index in [-0.39, 0.29) is 11.3 Å². The molecule has 5 atom stereocenters. The van der Waals surface area contributed by atoms with Crippen LogP contribution in [-0.2, 0) is 14.8 Å². The third-order valence-corrected chi connectivity index (χ3v) is 9.14. The number of aliphatic hydroxyl groups excluding tert-OH is 3. The molecule has 1 aliphatic rings. The van der Waals surface area contributed by atoms with Gasteiger partial charge in [-0.1, -0.05) is 39.0 Å². The maximum atomic E-state index is 13.0. The van der Waals surface area contributed by atoms with Gasteiger partial charge in [0, 0.05) is 42.4 Å². The van der Waals surface area contributed by atoms with Gasteiger partial charge < -0.3 is 29.4 Å². The highest BCUT2D eigenvalue weighted by molar-refractivity contribution is 7.93. The maximum absolute atomic E-state index is 13.0. The van der Waals surface area contributed by atoms with Crippen LogP contribution in [0.25, 0.3) is 27.7 Å². The van der Waals surface area contributed by atoms with Crippen LogP contribution in [0, 0.1) is 17.2 Å². The fourth-order valence-corrected chi connectivity index (χ4v) is 6.31. The number of benzene rings is 2. The highest BCUT2D eigenvalue weighted by Crippen LogP contribution is 2.32. The van der Waals surface area contributed by atoms with Crippen molar-refractivity contribution >= 4 is 32.1 Å². The molecule has 2 aromatic carbocycles. The van der Waals surface area contributed by atoms with E-state index in [4.69, 9.17) is 9.15 Å². The molecular weight excluding hydrogens is 558 g/mol. The molecule has 10 nitrogen and oxygen atoms in total. The lowest BCUT2D eigenvalue weighted by Gasteiger charge is -2.39. The van der Waals surface area contributed by atoms with Gasteiger partial charge in [0.25, 0.3) is 10.0 Å². The van der Waals surface area contributed by atoms with Gasteiger partial charge in [-0.2, -0.15) is 5.26 Å². The summed E-state index contributed by atoms with van der Waals surface area (Å²) in [6.07, 6.45) is -3.16. The SMILES string of the molecule is CCCN(CCC)c1ccc2cc(-c3ccc(/C(C)=C(\C#N)S(=O)(=O)NC[C@H]4OC(O)[C@H](C)[C@@H](O)[C@@H]4O)o3)ccc2c1. The number of allylic oxidation sites excluding steroid dienone is 2. The van der Waals surface area contributed by atoms with Gasteiger partial charge in [0.1, 0.15) is 29.8 Å². The quantitative estimate of drug-likeness (QED) is 0.240. The Kier molecular flexibility index (Phi) is 10.1. The number of nitriles is 1. The summed E-state index contributed by atoms with van der Waals surface area (Å²) in [5.41, 5.74) is 2.10. The van der Waals surface area contributed by atoms with Gasteiger partial charge in [0.15, 0.2) is 11.2 Å². The van der Waals surface area contributed by atoms with Crippen LogP contribution < -0.4 is 9.62 Å². The lowest BCUT2D eigenvalue weighted by atomic mass is 9.92. The number of furan rings is 1. The number of nitrogens with zero attached hydrogens (tertiary/aromatic N) is 2. The molecule has 0 spiro atoms. The molecule has 2 heterocycles. The predicted octanol–water partition coefficient (Wildman–Crippen LogP) is 3.98. The maximum Gasteiger partial charge on any atom is 0.251 e. The molecule has 4 rings (SSSR count). The van der Waals surface area contributed by atoms with Crippen LogP contribution in [0.1, 0.15) is 46.3 Å². The summed E-state index contributed by atoms with van der Waals surface area (Å²) in [4.78, 5) is 1.83. The lowest BCUT2D eigenvalue weighted by molar-refractivity contribution is -0.257. The standard InChI is InChI=1S/C31H39N3O7S/c1-5-13-34(14-6-2)24-10-9-21-15-23(8-7-22(21)16-24)26-12-11-25(40-26)19(3)28(17-32)42(38,39)33-18-27-30(36)29(35)20(4)31(37)41-27/h7-12,15-16,20,27,29-31,33,35-37H,5-6,13-14,18H2,1-4H3/b28-19+/t20-,27-,29-,30-,31?/m1/s1. The summed E-state index contributed by atoms with van der Waals surface area (Å²) < 4.78 is 39.6. The second-order valence-corrected chi connectivity index (χ2v) is 12.4. The van der Waals surface area contributed by atoms with Gasteiger partial charge in [-0.05, 0) is 60.9 Å². The summed E-state index contributed by atoms with van der Waals surface area (Å²) in [6, 6.07) is 17.4. The molecule has 0 saturated carbocycles. The topological polar surface area (TPSA) is 156 Å². The molecule has 1 aliphatic heterocycles. The molecule has 11 heteroatoms. The van der Waals surface area contributed by atoms with Crippen LogP contribution in [0.3, 0.4) is 0 Å². The van der Waals surface area contributed by atoms with Crippen molar-refractivity contribution < 1.29 is 32.9 Å². The average molecular weight is 598 g/mol. The second-order valence-electron chi connectivity index (χ2n) is 10.7. The molecule has 0 aliphatic carbocycles. The molecule has 1 saturated heterocycles. The fourth-order valence-electron chi connectivity index (χ4n) is 5.16. The smallest absolute Gasteiger partial charge is 0.251 e. The van der Waals surface area contributed by atoms with Crippen molar-refractivity contribution in [3.05, 3.63) is 59.2 Å². The van der Waals surface area contributed by atoms with Crippen molar-refractivity contribution in [1.29, 1.82) is 5.26 Å². The molecule has 1 aromatic heterocycles. The van der Waals surface area contributed by atoms with E-state index in [9.17, 15) is 29.0 Å². The molecule has 4 N–H and O–H groups in total. The molecule has 0 bridgehead atoms. The molecule has 3 aromatic rings. The number of anilines is 1. The first kappa shape index (κ1) is 31.7. The van der Waals surface area contributed by atoms with Gasteiger partial charge in [-0.25, -0.2) is 13.1 Å². The number of sulfonamides is 1. The molecule has 0 radical (unpaired) electrons. The van der Waals surface area contributed by atoms with E-state index in [1.165, 1.54) is 19.5 Å². The fraction of sp³-hybridized carbons (Fsp3) is 0.452. The van der Waals surface area contributed by atoms with E-state index in [1.54, 1.807) is 18.2 Å². The van der Waals surface area contributed by atoms with Gasteiger partial charge in [0.05, 0.1) is 6.10 Å². The Balaban J connectivity index is 1.54. The summed E-state index contributed by atoms with van der Waals surface area (Å²) >= 11 is 0. The zero-order valence-electron chi connectivity index (χ0n) is 24.3. The van der Waals surface area contributed by atoms with E-state index in [2.05, 4.69) is 41.7 Å². The van der Waals surface area contributed by atoms with Crippen molar-refractivity contribution in [1.82, 2.24) is 4.72 Å². The normalized spacial score (nSPS) is 23.4. The molecule has 1 fully saturated rings. The Morgan fingerprint density at radius 3 is 2.33 bits per heavy atom. The Hall–Kier alpha value is -3.24. The number of fused-ring (bicyclic) bond motifs is 1. The van der Waals surface area contributed by atoms with Crippen molar-refractivity contribution in [2.24, 2.45) is 5.92 Å². The first-order chi connectivity index (χ1) is 20.0. The van der Waals surface area contributed by atoms with Crippen molar-refractivity contribution in [2.75, 3.05) is 24.5 Å². The van der Waals surface area contributed by atoms with E-state index in [0.717, 1.165) is 42.3 Å². The minimum atomic E-state index is -4.34. The number of rotatable bonds is 11. The van der Waals surface area contributed by atoms with E-state index >= 15 is 0 Å².